The van der Waals surface area contributed by atoms with Crippen LogP contribution in [0, 0.1) is 0 Å². The molecule has 2 aromatic carbocycles. The Hall–Kier alpha value is -1.83. The number of hydrogen-bond acceptors (Lipinski definition) is 1. The lowest BCUT2D eigenvalue weighted by atomic mass is 9.97. The fourth-order valence-electron chi connectivity index (χ4n) is 3.10. The van der Waals surface area contributed by atoms with Crippen molar-refractivity contribution in [2.75, 3.05) is 6.54 Å². The average Bonchev–Trinajstić information content (AvgIpc) is 2.80. The van der Waals surface area contributed by atoms with E-state index in [1.165, 1.54) is 21.9 Å². The van der Waals surface area contributed by atoms with E-state index in [0.29, 0.717) is 12.3 Å². The number of rotatable bonds is 4. The maximum atomic E-state index is 11.3. The third-order valence-corrected chi connectivity index (χ3v) is 4.07. The molecule has 0 spiro atoms. The van der Waals surface area contributed by atoms with Gasteiger partial charge in [-0.25, -0.2) is 0 Å². The van der Waals surface area contributed by atoms with Gasteiger partial charge in [0.05, 0.1) is 0 Å². The minimum atomic E-state index is 0.147. The predicted molar refractivity (Wildman–Crippen MR) is 78.3 cm³/mol. The smallest absolute Gasteiger partial charge is 0.219 e. The van der Waals surface area contributed by atoms with Crippen molar-refractivity contribution >= 4 is 16.7 Å². The molecule has 2 aromatic rings. The van der Waals surface area contributed by atoms with Crippen molar-refractivity contribution in [1.29, 1.82) is 0 Å². The molecule has 3 rings (SSSR count). The molecule has 0 saturated heterocycles. The maximum Gasteiger partial charge on any atom is 0.219 e. The quantitative estimate of drug-likeness (QED) is 0.889. The number of nitrogens with one attached hydrogen (secondary N) is 1. The van der Waals surface area contributed by atoms with Crippen LogP contribution in [-0.4, -0.2) is 12.5 Å². The highest BCUT2D eigenvalue weighted by molar-refractivity contribution is 5.91. The number of carbonyl (C=O) groups is 1. The molecule has 0 saturated carbocycles. The van der Waals surface area contributed by atoms with Crippen molar-refractivity contribution in [3.8, 4) is 0 Å². The van der Waals surface area contributed by atoms with Gasteiger partial charge >= 0.3 is 0 Å². The van der Waals surface area contributed by atoms with E-state index in [1.807, 2.05) is 6.92 Å². The van der Waals surface area contributed by atoms with Crippen LogP contribution in [0.5, 0.6) is 0 Å². The molecule has 0 radical (unpaired) electrons. The molecule has 2 nitrogen and oxygen atoms in total. The molecule has 1 atom stereocenters. The van der Waals surface area contributed by atoms with Gasteiger partial charge in [0.25, 0.3) is 0 Å². The molecule has 0 unspecified atom stereocenters. The van der Waals surface area contributed by atoms with E-state index in [9.17, 15) is 4.79 Å². The van der Waals surface area contributed by atoms with Crippen molar-refractivity contribution in [3.05, 3.63) is 47.5 Å². The van der Waals surface area contributed by atoms with Crippen LogP contribution in [0.2, 0.25) is 0 Å². The van der Waals surface area contributed by atoms with Crippen LogP contribution >= 0.6 is 0 Å². The summed E-state index contributed by atoms with van der Waals surface area (Å²) in [5.74, 6) is 0.701. The van der Waals surface area contributed by atoms with Gasteiger partial charge in [-0.2, -0.15) is 0 Å². The molecule has 0 fully saturated rings. The zero-order valence-electron chi connectivity index (χ0n) is 11.3. The zero-order valence-corrected chi connectivity index (χ0v) is 11.3. The Morgan fingerprint density at radius 1 is 1.26 bits per heavy atom. The highest BCUT2D eigenvalue weighted by atomic mass is 16.1. The van der Waals surface area contributed by atoms with E-state index < -0.39 is 0 Å². The Morgan fingerprint density at radius 3 is 2.84 bits per heavy atom. The van der Waals surface area contributed by atoms with Gasteiger partial charge in [-0.1, -0.05) is 43.3 Å². The molecule has 0 heterocycles. The number of amides is 1. The first-order valence-corrected chi connectivity index (χ1v) is 7.07. The monoisotopic (exact) mass is 253 g/mol. The van der Waals surface area contributed by atoms with Crippen LogP contribution in [-0.2, 0) is 11.2 Å². The van der Waals surface area contributed by atoms with Gasteiger partial charge in [0.1, 0.15) is 0 Å². The SMILES string of the molecule is CCC(=O)NCC[C@H]1Cc2cccc3cccc1c23. The number of carbonyl (C=O) groups excluding carboxylic acids is 1. The second-order valence-electron chi connectivity index (χ2n) is 5.26. The summed E-state index contributed by atoms with van der Waals surface area (Å²) in [6.45, 7) is 2.67. The minimum absolute atomic E-state index is 0.147. The molecule has 0 bridgehead atoms. The van der Waals surface area contributed by atoms with Crippen LogP contribution in [0.15, 0.2) is 36.4 Å². The summed E-state index contributed by atoms with van der Waals surface area (Å²) in [6, 6.07) is 13.1. The summed E-state index contributed by atoms with van der Waals surface area (Å²) in [4.78, 5) is 11.3. The summed E-state index contributed by atoms with van der Waals surface area (Å²) in [5, 5.41) is 5.76. The third kappa shape index (κ3) is 2.23. The third-order valence-electron chi connectivity index (χ3n) is 4.07. The fourth-order valence-corrected chi connectivity index (χ4v) is 3.10. The van der Waals surface area contributed by atoms with E-state index in [1.54, 1.807) is 0 Å². The van der Waals surface area contributed by atoms with Crippen LogP contribution in [0.4, 0.5) is 0 Å². The molecule has 1 aliphatic carbocycles. The van der Waals surface area contributed by atoms with E-state index >= 15 is 0 Å². The van der Waals surface area contributed by atoms with Crippen molar-refractivity contribution in [2.24, 2.45) is 0 Å². The average molecular weight is 253 g/mol. The minimum Gasteiger partial charge on any atom is -0.356 e. The summed E-state index contributed by atoms with van der Waals surface area (Å²) in [5.41, 5.74) is 2.92. The Morgan fingerprint density at radius 2 is 2.05 bits per heavy atom. The summed E-state index contributed by atoms with van der Waals surface area (Å²) in [6.07, 6.45) is 2.71. The van der Waals surface area contributed by atoms with E-state index in [0.717, 1.165) is 19.4 Å². The number of hydrogen-bond donors (Lipinski definition) is 1. The van der Waals surface area contributed by atoms with E-state index in [2.05, 4.69) is 41.7 Å². The molecule has 19 heavy (non-hydrogen) atoms. The standard InChI is InChI=1S/C17H19NO/c1-2-16(19)18-10-9-13-11-14-7-3-5-12-6-4-8-15(13)17(12)14/h3-8,13H,2,9-11H2,1H3,(H,18,19)/t13-/m0/s1. The lowest BCUT2D eigenvalue weighted by Gasteiger charge is -2.12. The van der Waals surface area contributed by atoms with Gasteiger partial charge in [-0.15, -0.1) is 0 Å². The maximum absolute atomic E-state index is 11.3. The van der Waals surface area contributed by atoms with Gasteiger partial charge in [-0.05, 0) is 40.7 Å². The van der Waals surface area contributed by atoms with Crippen LogP contribution in [0.1, 0.15) is 36.8 Å². The second kappa shape index (κ2) is 5.04. The molecule has 1 amide bonds. The first-order valence-electron chi connectivity index (χ1n) is 7.07. The molecule has 0 aliphatic heterocycles. The van der Waals surface area contributed by atoms with Crippen LogP contribution < -0.4 is 5.32 Å². The molecular formula is C17H19NO. The van der Waals surface area contributed by atoms with Gasteiger partial charge in [-0.3, -0.25) is 4.79 Å². The molecule has 2 heteroatoms. The highest BCUT2D eigenvalue weighted by Crippen LogP contribution is 2.39. The Labute approximate surface area is 113 Å². The van der Waals surface area contributed by atoms with E-state index in [-0.39, 0.29) is 5.91 Å². The Bertz CT molecular complexity index is 612. The van der Waals surface area contributed by atoms with Gasteiger partial charge < -0.3 is 5.32 Å². The van der Waals surface area contributed by atoms with Crippen LogP contribution in [0.25, 0.3) is 10.8 Å². The Kier molecular flexibility index (Phi) is 3.24. The lowest BCUT2D eigenvalue weighted by Crippen LogP contribution is -2.24. The fraction of sp³-hybridized carbons (Fsp3) is 0.353. The van der Waals surface area contributed by atoms with Gasteiger partial charge in [0.15, 0.2) is 0 Å². The topological polar surface area (TPSA) is 29.1 Å². The lowest BCUT2D eigenvalue weighted by molar-refractivity contribution is -0.120. The summed E-state index contributed by atoms with van der Waals surface area (Å²) < 4.78 is 0. The first kappa shape index (κ1) is 12.2. The normalized spacial score (nSPS) is 16.8. The van der Waals surface area contributed by atoms with Crippen molar-refractivity contribution in [1.82, 2.24) is 5.32 Å². The van der Waals surface area contributed by atoms with Crippen molar-refractivity contribution in [2.45, 2.75) is 32.1 Å². The van der Waals surface area contributed by atoms with Gasteiger partial charge in [0.2, 0.25) is 5.91 Å². The van der Waals surface area contributed by atoms with Crippen LogP contribution in [0.3, 0.4) is 0 Å². The largest absolute Gasteiger partial charge is 0.356 e. The Balaban J connectivity index is 1.78. The molecular weight excluding hydrogens is 234 g/mol. The molecule has 1 aliphatic rings. The van der Waals surface area contributed by atoms with Crippen molar-refractivity contribution in [3.63, 3.8) is 0 Å². The summed E-state index contributed by atoms with van der Waals surface area (Å²) >= 11 is 0. The number of benzene rings is 2. The second-order valence-corrected chi connectivity index (χ2v) is 5.26. The summed E-state index contributed by atoms with van der Waals surface area (Å²) in [7, 11) is 0. The van der Waals surface area contributed by atoms with Crippen molar-refractivity contribution < 1.29 is 4.79 Å². The predicted octanol–water partition coefficient (Wildman–Crippen LogP) is 3.40. The molecule has 0 aromatic heterocycles. The zero-order chi connectivity index (χ0) is 13.2. The first-order chi connectivity index (χ1) is 9.29. The molecule has 98 valence electrons. The van der Waals surface area contributed by atoms with Gasteiger partial charge in [0, 0.05) is 13.0 Å². The molecule has 1 N–H and O–H groups in total. The highest BCUT2D eigenvalue weighted by Gasteiger charge is 2.23. The van der Waals surface area contributed by atoms with E-state index in [4.69, 9.17) is 0 Å².